The van der Waals surface area contributed by atoms with E-state index in [1.54, 1.807) is 11.3 Å². The molecule has 0 aromatic carbocycles. The number of amides is 1. The summed E-state index contributed by atoms with van der Waals surface area (Å²) in [5.74, 6) is 0.513. The van der Waals surface area contributed by atoms with Gasteiger partial charge in [-0.2, -0.15) is 5.10 Å². The minimum atomic E-state index is -0.115. The lowest BCUT2D eigenvalue weighted by Crippen LogP contribution is -2.33. The number of thiophene rings is 1. The van der Waals surface area contributed by atoms with Gasteiger partial charge in [0.05, 0.1) is 10.5 Å². The van der Waals surface area contributed by atoms with Crippen molar-refractivity contribution in [2.24, 2.45) is 5.10 Å². The molecule has 0 radical (unpaired) electrons. The predicted octanol–water partition coefficient (Wildman–Crippen LogP) is 4.98. The molecular weight excluding hydrogens is 404 g/mol. The number of nitrogens with zero attached hydrogens (tertiary/aromatic N) is 2. The van der Waals surface area contributed by atoms with E-state index in [4.69, 9.17) is 0 Å². The Morgan fingerprint density at radius 1 is 1.23 bits per heavy atom. The predicted molar refractivity (Wildman–Crippen MR) is 128 cm³/mol. The van der Waals surface area contributed by atoms with Gasteiger partial charge in [-0.25, -0.2) is 5.43 Å². The van der Waals surface area contributed by atoms with Crippen LogP contribution in [0.15, 0.2) is 28.2 Å². The van der Waals surface area contributed by atoms with E-state index in [9.17, 15) is 4.79 Å². The average molecular weight is 437 g/mol. The molecule has 2 atom stereocenters. The summed E-state index contributed by atoms with van der Waals surface area (Å²) in [6.07, 6.45) is 9.47. The van der Waals surface area contributed by atoms with Crippen LogP contribution < -0.4 is 5.43 Å². The Labute approximate surface area is 188 Å². The smallest absolute Gasteiger partial charge is 0.273 e. The van der Waals surface area contributed by atoms with Gasteiger partial charge in [0.25, 0.3) is 5.91 Å². The van der Waals surface area contributed by atoms with Crippen molar-refractivity contribution < 1.29 is 4.79 Å². The SMILES string of the molecule is Cc1[nH]c(C=C2C(=O)NN=C2c2cccs2)c(C2CC2)c1CCCN1C(C)CCC1C. The quantitative estimate of drug-likeness (QED) is 0.601. The number of hydrogen-bond acceptors (Lipinski definition) is 4. The van der Waals surface area contributed by atoms with Crippen molar-refractivity contribution >= 4 is 29.0 Å². The maximum absolute atomic E-state index is 12.5. The summed E-state index contributed by atoms with van der Waals surface area (Å²) < 4.78 is 0. The Bertz CT molecular complexity index is 1020. The molecule has 1 saturated carbocycles. The summed E-state index contributed by atoms with van der Waals surface area (Å²) in [5, 5.41) is 6.32. The van der Waals surface area contributed by atoms with Gasteiger partial charge in [0.1, 0.15) is 5.71 Å². The lowest BCUT2D eigenvalue weighted by molar-refractivity contribution is -0.116. The molecule has 1 amide bonds. The van der Waals surface area contributed by atoms with Gasteiger partial charge in [-0.1, -0.05) is 6.07 Å². The van der Waals surface area contributed by atoms with Crippen molar-refractivity contribution in [3.05, 3.63) is 50.5 Å². The number of hydrogen-bond donors (Lipinski definition) is 2. The summed E-state index contributed by atoms with van der Waals surface area (Å²) in [6.45, 7) is 8.09. The normalized spacial score (nSPS) is 25.5. The third-order valence-electron chi connectivity index (χ3n) is 7.17. The van der Waals surface area contributed by atoms with Crippen LogP contribution in [0.5, 0.6) is 0 Å². The van der Waals surface area contributed by atoms with Crippen LogP contribution in [0.1, 0.15) is 79.3 Å². The van der Waals surface area contributed by atoms with Crippen molar-refractivity contribution in [1.29, 1.82) is 0 Å². The summed E-state index contributed by atoms with van der Waals surface area (Å²) in [4.78, 5) is 19.9. The Morgan fingerprint density at radius 3 is 2.68 bits per heavy atom. The zero-order valence-corrected chi connectivity index (χ0v) is 19.5. The zero-order valence-electron chi connectivity index (χ0n) is 18.7. The summed E-state index contributed by atoms with van der Waals surface area (Å²) in [5.41, 5.74) is 9.35. The third kappa shape index (κ3) is 4.03. The number of carbonyl (C=O) groups is 1. The molecule has 6 heteroatoms. The zero-order chi connectivity index (χ0) is 21.5. The maximum atomic E-state index is 12.5. The van der Waals surface area contributed by atoms with Crippen LogP contribution in [0.4, 0.5) is 0 Å². The highest BCUT2D eigenvalue weighted by Gasteiger charge is 2.32. The number of aromatic nitrogens is 1. The second-order valence-corrected chi connectivity index (χ2v) is 10.3. The number of nitrogens with one attached hydrogen (secondary N) is 2. The molecule has 2 aromatic rings. The number of H-pyrrole nitrogens is 1. The molecule has 1 saturated heterocycles. The largest absolute Gasteiger partial charge is 0.359 e. The van der Waals surface area contributed by atoms with E-state index in [0.717, 1.165) is 22.7 Å². The van der Waals surface area contributed by atoms with E-state index >= 15 is 0 Å². The standard InChI is InChI=1S/C25H32N4OS/c1-15-8-9-16(2)29(15)12-4-6-19-17(3)26-21(23(19)18-10-11-18)14-20-24(27-28-25(20)30)22-7-5-13-31-22/h5,7,13-16,18,26H,4,6,8-12H2,1-3H3,(H,28,30). The van der Waals surface area contributed by atoms with Gasteiger partial charge in [-0.15, -0.1) is 11.3 Å². The van der Waals surface area contributed by atoms with Crippen molar-refractivity contribution in [3.8, 4) is 0 Å². The monoisotopic (exact) mass is 436 g/mol. The molecule has 5 rings (SSSR count). The Morgan fingerprint density at radius 2 is 2.00 bits per heavy atom. The highest BCUT2D eigenvalue weighted by atomic mass is 32.1. The number of aryl methyl sites for hydroxylation is 1. The van der Waals surface area contributed by atoms with Gasteiger partial charge in [0, 0.05) is 23.5 Å². The topological polar surface area (TPSA) is 60.5 Å². The summed E-state index contributed by atoms with van der Waals surface area (Å²) >= 11 is 1.61. The van der Waals surface area contributed by atoms with Gasteiger partial charge >= 0.3 is 0 Å². The van der Waals surface area contributed by atoms with Gasteiger partial charge in [0.15, 0.2) is 0 Å². The lowest BCUT2D eigenvalue weighted by Gasteiger charge is -2.25. The fraction of sp³-hybridized carbons (Fsp3) is 0.520. The van der Waals surface area contributed by atoms with E-state index < -0.39 is 0 Å². The lowest BCUT2D eigenvalue weighted by atomic mass is 9.98. The summed E-state index contributed by atoms with van der Waals surface area (Å²) in [7, 11) is 0. The van der Waals surface area contributed by atoms with Crippen molar-refractivity contribution in [2.75, 3.05) is 6.54 Å². The van der Waals surface area contributed by atoms with Crippen LogP contribution in [0, 0.1) is 6.92 Å². The molecular formula is C25H32N4OS. The first kappa shape index (κ1) is 20.7. The first-order chi connectivity index (χ1) is 15.0. The number of rotatable bonds is 7. The molecule has 164 valence electrons. The van der Waals surface area contributed by atoms with Crippen molar-refractivity contribution in [3.63, 3.8) is 0 Å². The molecule has 2 aliphatic heterocycles. The molecule has 3 aliphatic rings. The molecule has 2 N–H and O–H groups in total. The Kier molecular flexibility index (Phi) is 5.61. The molecule has 31 heavy (non-hydrogen) atoms. The van der Waals surface area contributed by atoms with Gasteiger partial charge in [0.2, 0.25) is 0 Å². The number of hydrazone groups is 1. The van der Waals surface area contributed by atoms with E-state index in [1.807, 2.05) is 23.6 Å². The summed E-state index contributed by atoms with van der Waals surface area (Å²) in [6, 6.07) is 5.44. The molecule has 5 nitrogen and oxygen atoms in total. The third-order valence-corrected chi connectivity index (χ3v) is 8.04. The first-order valence-corrected chi connectivity index (χ1v) is 12.5. The highest BCUT2D eigenvalue weighted by molar-refractivity contribution is 7.12. The molecule has 2 fully saturated rings. The highest BCUT2D eigenvalue weighted by Crippen LogP contribution is 2.45. The Balaban J connectivity index is 1.40. The van der Waals surface area contributed by atoms with E-state index in [-0.39, 0.29) is 5.91 Å². The van der Waals surface area contributed by atoms with E-state index in [1.165, 1.54) is 55.5 Å². The second-order valence-electron chi connectivity index (χ2n) is 9.38. The molecule has 0 bridgehead atoms. The number of likely N-dealkylation sites (tertiary alicyclic amines) is 1. The Hall–Kier alpha value is -2.18. The first-order valence-electron chi connectivity index (χ1n) is 11.6. The number of aromatic amines is 1. The van der Waals surface area contributed by atoms with Crippen LogP contribution in [0.2, 0.25) is 0 Å². The van der Waals surface area contributed by atoms with E-state index in [0.29, 0.717) is 23.6 Å². The second kappa shape index (κ2) is 8.40. The fourth-order valence-electron chi connectivity index (χ4n) is 5.33. The van der Waals surface area contributed by atoms with Crippen LogP contribution in [0.25, 0.3) is 6.08 Å². The van der Waals surface area contributed by atoms with Crippen molar-refractivity contribution in [2.45, 2.75) is 77.3 Å². The van der Waals surface area contributed by atoms with Crippen LogP contribution in [-0.4, -0.2) is 40.1 Å². The molecule has 0 spiro atoms. The van der Waals surface area contributed by atoms with Crippen LogP contribution >= 0.6 is 11.3 Å². The van der Waals surface area contributed by atoms with Gasteiger partial charge in [-0.05, 0) is 100 Å². The van der Waals surface area contributed by atoms with Gasteiger partial charge < -0.3 is 4.98 Å². The van der Waals surface area contributed by atoms with E-state index in [2.05, 4.69) is 41.2 Å². The number of carbonyl (C=O) groups excluding carboxylic acids is 1. The molecule has 2 aromatic heterocycles. The maximum Gasteiger partial charge on any atom is 0.273 e. The van der Waals surface area contributed by atoms with Crippen LogP contribution in [0.3, 0.4) is 0 Å². The molecule has 4 heterocycles. The fourth-order valence-corrected chi connectivity index (χ4v) is 6.05. The minimum Gasteiger partial charge on any atom is -0.359 e. The van der Waals surface area contributed by atoms with Crippen LogP contribution in [-0.2, 0) is 11.2 Å². The molecule has 2 unspecified atom stereocenters. The van der Waals surface area contributed by atoms with Crippen molar-refractivity contribution in [1.82, 2.24) is 15.3 Å². The average Bonchev–Trinajstić information content (AvgIpc) is 3.03. The minimum absolute atomic E-state index is 0.115. The van der Waals surface area contributed by atoms with Gasteiger partial charge in [-0.3, -0.25) is 9.69 Å². The molecule has 1 aliphatic carbocycles.